The summed E-state index contributed by atoms with van der Waals surface area (Å²) in [5, 5.41) is 15.0. The minimum absolute atomic E-state index is 0.00818. The van der Waals surface area contributed by atoms with Crippen LogP contribution in [0.25, 0.3) is 22.6 Å². The fourth-order valence-electron chi connectivity index (χ4n) is 3.70. The van der Waals surface area contributed by atoms with Crippen molar-refractivity contribution in [2.75, 3.05) is 31.7 Å². The molecule has 192 valence electrons. The number of aliphatic hydroxyl groups is 1. The number of benzene rings is 1. The first-order chi connectivity index (χ1) is 17.3. The van der Waals surface area contributed by atoms with Gasteiger partial charge in [-0.3, -0.25) is 4.79 Å². The first-order valence-corrected chi connectivity index (χ1v) is 11.9. The molecule has 0 spiro atoms. The van der Waals surface area contributed by atoms with Crippen LogP contribution in [0.1, 0.15) is 39.3 Å². The third kappa shape index (κ3) is 5.86. The first kappa shape index (κ1) is 25.7. The number of aromatic amines is 1. The third-order valence-corrected chi connectivity index (χ3v) is 5.67. The van der Waals surface area contributed by atoms with Crippen LogP contribution in [0.4, 0.5) is 10.3 Å². The van der Waals surface area contributed by atoms with Gasteiger partial charge in [-0.05, 0) is 57.5 Å². The highest BCUT2D eigenvalue weighted by atomic mass is 19.1. The van der Waals surface area contributed by atoms with E-state index in [9.17, 15) is 9.18 Å². The Hall–Kier alpha value is -3.41. The van der Waals surface area contributed by atoms with Gasteiger partial charge in [0.25, 0.3) is 0 Å². The van der Waals surface area contributed by atoms with Crippen molar-refractivity contribution < 1.29 is 23.8 Å². The van der Waals surface area contributed by atoms with Crippen LogP contribution in [-0.2, 0) is 14.3 Å². The summed E-state index contributed by atoms with van der Waals surface area (Å²) in [4.78, 5) is 29.4. The van der Waals surface area contributed by atoms with Gasteiger partial charge in [-0.1, -0.05) is 0 Å². The number of nitrogens with zero attached hydrogens (tertiary/aromatic N) is 3. The Labute approximate surface area is 208 Å². The Morgan fingerprint density at radius 1 is 1.22 bits per heavy atom. The van der Waals surface area contributed by atoms with Crippen LogP contribution < -0.4 is 10.6 Å². The number of carbonyl (C=O) groups excluding carboxylic acids is 1. The average molecular weight is 499 g/mol. The lowest BCUT2D eigenvalue weighted by Crippen LogP contribution is -2.50. The minimum atomic E-state index is -0.822. The number of amides is 1. The van der Waals surface area contributed by atoms with Gasteiger partial charge in [0.1, 0.15) is 5.82 Å². The summed E-state index contributed by atoms with van der Waals surface area (Å²) in [6.45, 7) is 6.49. The highest BCUT2D eigenvalue weighted by molar-refractivity contribution is 5.83. The van der Waals surface area contributed by atoms with Crippen LogP contribution in [-0.4, -0.2) is 63.4 Å². The summed E-state index contributed by atoms with van der Waals surface area (Å²) < 4.78 is 25.4. The lowest BCUT2D eigenvalue weighted by molar-refractivity contribution is -0.231. The van der Waals surface area contributed by atoms with Gasteiger partial charge in [-0.25, -0.2) is 19.3 Å². The van der Waals surface area contributed by atoms with Crippen LogP contribution in [0.15, 0.2) is 36.5 Å². The number of H-pyrrole nitrogens is 1. The lowest BCUT2D eigenvalue weighted by Gasteiger charge is -2.35. The zero-order chi connectivity index (χ0) is 25.7. The topological polar surface area (TPSA) is 134 Å². The fraction of sp³-hybridized carbons (Fsp3) is 0.440. The smallest absolute Gasteiger partial charge is 0.230 e. The molecule has 1 saturated heterocycles. The number of carbonyl (C=O) groups is 1. The highest BCUT2D eigenvalue weighted by Crippen LogP contribution is 2.35. The second-order valence-electron chi connectivity index (χ2n) is 9.26. The van der Waals surface area contributed by atoms with Crippen molar-refractivity contribution >= 4 is 11.9 Å². The van der Waals surface area contributed by atoms with Crippen molar-refractivity contribution in [3.8, 4) is 22.6 Å². The number of hydrogen-bond acceptors (Lipinski definition) is 8. The van der Waals surface area contributed by atoms with Gasteiger partial charge in [0, 0.05) is 31.0 Å². The van der Waals surface area contributed by atoms with Gasteiger partial charge in [-0.2, -0.15) is 0 Å². The van der Waals surface area contributed by atoms with Crippen LogP contribution >= 0.6 is 0 Å². The standard InChI is InChI=1S/C25H31FN6O4/c1-15(2)29-23(34)25(3)13-35-22(36-14-25)21-31-19(16-5-7-17(26)8-6-16)20(32-21)18-9-11-28-24(30-18)27-10-4-12-33/h5-9,11,15,22,33H,4,10,12-14H2,1-3H3,(H,29,34)(H,31,32)(H,27,28,30). The van der Waals surface area contributed by atoms with E-state index in [0.29, 0.717) is 47.4 Å². The molecule has 1 amide bonds. The third-order valence-electron chi connectivity index (χ3n) is 5.67. The number of imidazole rings is 1. The molecule has 1 aromatic carbocycles. The first-order valence-electron chi connectivity index (χ1n) is 11.9. The maximum atomic E-state index is 13.6. The quantitative estimate of drug-likeness (QED) is 0.331. The van der Waals surface area contributed by atoms with Gasteiger partial charge in [0.05, 0.1) is 35.7 Å². The molecule has 4 rings (SSSR count). The summed E-state index contributed by atoms with van der Waals surface area (Å²) in [6.07, 6.45) is 1.36. The molecule has 4 N–H and O–H groups in total. The van der Waals surface area contributed by atoms with Crippen LogP contribution in [0, 0.1) is 11.2 Å². The number of halogens is 1. The molecule has 1 aliphatic rings. The molecule has 2 aromatic heterocycles. The second kappa shape index (κ2) is 11.1. The van der Waals surface area contributed by atoms with Crippen LogP contribution in [0.3, 0.4) is 0 Å². The molecule has 1 aliphatic heterocycles. The largest absolute Gasteiger partial charge is 0.396 e. The predicted molar refractivity (Wildman–Crippen MR) is 131 cm³/mol. The SMILES string of the molecule is CC(C)NC(=O)C1(C)COC(c2nc(-c3ccc(F)cc3)c(-c3ccnc(NCCCO)n3)[nH]2)OC1. The molecular formula is C25H31FN6O4. The van der Waals surface area contributed by atoms with Crippen molar-refractivity contribution in [2.24, 2.45) is 5.41 Å². The van der Waals surface area contributed by atoms with Crippen LogP contribution in [0.2, 0.25) is 0 Å². The molecule has 3 aromatic rings. The minimum Gasteiger partial charge on any atom is -0.396 e. The van der Waals surface area contributed by atoms with Crippen molar-refractivity contribution in [2.45, 2.75) is 39.5 Å². The molecule has 0 aliphatic carbocycles. The normalized spacial score (nSPS) is 19.9. The van der Waals surface area contributed by atoms with Crippen molar-refractivity contribution in [1.82, 2.24) is 25.3 Å². The summed E-state index contributed by atoms with van der Waals surface area (Å²) in [7, 11) is 0. The Kier molecular flexibility index (Phi) is 7.92. The summed E-state index contributed by atoms with van der Waals surface area (Å²) in [5.41, 5.74) is 1.55. The van der Waals surface area contributed by atoms with E-state index in [1.807, 2.05) is 13.8 Å². The molecule has 0 atom stereocenters. The van der Waals surface area contributed by atoms with Crippen molar-refractivity contribution in [3.05, 3.63) is 48.2 Å². The van der Waals surface area contributed by atoms with Crippen molar-refractivity contribution in [1.29, 1.82) is 0 Å². The number of nitrogens with one attached hydrogen (secondary N) is 3. The summed E-state index contributed by atoms with van der Waals surface area (Å²) in [5.74, 6) is 0.319. The Bertz CT molecular complexity index is 1180. The molecule has 0 radical (unpaired) electrons. The number of hydrogen-bond donors (Lipinski definition) is 4. The molecule has 36 heavy (non-hydrogen) atoms. The molecule has 0 bridgehead atoms. The number of aromatic nitrogens is 4. The summed E-state index contributed by atoms with van der Waals surface area (Å²) in [6, 6.07) is 7.74. The number of rotatable bonds is 9. The molecule has 0 unspecified atom stereocenters. The van der Waals surface area contributed by atoms with E-state index in [2.05, 4.69) is 25.6 Å². The highest BCUT2D eigenvalue weighted by Gasteiger charge is 2.41. The predicted octanol–water partition coefficient (Wildman–Crippen LogP) is 3.04. The molecule has 0 saturated carbocycles. The van der Waals surface area contributed by atoms with Gasteiger partial charge in [0.2, 0.25) is 18.1 Å². The van der Waals surface area contributed by atoms with E-state index < -0.39 is 11.7 Å². The monoisotopic (exact) mass is 498 g/mol. The number of anilines is 1. The van der Waals surface area contributed by atoms with E-state index in [4.69, 9.17) is 19.6 Å². The Morgan fingerprint density at radius 3 is 2.61 bits per heavy atom. The average Bonchev–Trinajstić information content (AvgIpc) is 3.30. The number of aliphatic hydroxyl groups excluding tert-OH is 1. The zero-order valence-corrected chi connectivity index (χ0v) is 20.5. The van der Waals surface area contributed by atoms with Crippen LogP contribution in [0.5, 0.6) is 0 Å². The van der Waals surface area contributed by atoms with E-state index in [0.717, 1.165) is 0 Å². The maximum Gasteiger partial charge on any atom is 0.230 e. The summed E-state index contributed by atoms with van der Waals surface area (Å²) >= 11 is 0. The van der Waals surface area contributed by atoms with Gasteiger partial charge < -0.3 is 30.2 Å². The van der Waals surface area contributed by atoms with Crippen molar-refractivity contribution in [3.63, 3.8) is 0 Å². The van der Waals surface area contributed by atoms with Gasteiger partial charge in [-0.15, -0.1) is 0 Å². The number of ether oxygens (including phenoxy) is 2. The zero-order valence-electron chi connectivity index (χ0n) is 20.5. The molecule has 11 heteroatoms. The molecule has 10 nitrogen and oxygen atoms in total. The molecule has 3 heterocycles. The molecular weight excluding hydrogens is 467 g/mol. The molecule has 1 fully saturated rings. The van der Waals surface area contributed by atoms with E-state index in [1.165, 1.54) is 12.1 Å². The maximum absolute atomic E-state index is 13.6. The lowest BCUT2D eigenvalue weighted by atomic mass is 9.90. The van der Waals surface area contributed by atoms with E-state index >= 15 is 0 Å². The Balaban J connectivity index is 1.62. The van der Waals surface area contributed by atoms with E-state index in [-0.39, 0.29) is 37.6 Å². The Morgan fingerprint density at radius 2 is 1.94 bits per heavy atom. The van der Waals surface area contributed by atoms with Gasteiger partial charge >= 0.3 is 0 Å². The second-order valence-corrected chi connectivity index (χ2v) is 9.26. The fourth-order valence-corrected chi connectivity index (χ4v) is 3.70. The van der Waals surface area contributed by atoms with Gasteiger partial charge in [0.15, 0.2) is 5.82 Å². The van der Waals surface area contributed by atoms with E-state index in [1.54, 1.807) is 31.3 Å².